The van der Waals surface area contributed by atoms with E-state index in [-0.39, 0.29) is 11.7 Å². The molecule has 0 aliphatic carbocycles. The Hall–Kier alpha value is -2.93. The second-order valence-corrected chi connectivity index (χ2v) is 6.33. The number of hydrogen-bond donors (Lipinski definition) is 2. The van der Waals surface area contributed by atoms with Crippen LogP contribution in [0.4, 0.5) is 5.13 Å². The first kappa shape index (κ1) is 16.9. The van der Waals surface area contributed by atoms with Crippen molar-refractivity contribution in [2.24, 2.45) is 0 Å². The topological polar surface area (TPSA) is 84.2 Å². The molecule has 2 N–H and O–H groups in total. The molecule has 6 nitrogen and oxygen atoms in total. The van der Waals surface area contributed by atoms with Gasteiger partial charge in [-0.3, -0.25) is 9.59 Å². The highest BCUT2D eigenvalue weighted by molar-refractivity contribution is 7.13. The Bertz CT molecular complexity index is 844. The molecule has 0 saturated heterocycles. The number of amides is 2. The van der Waals surface area contributed by atoms with Crippen LogP contribution in [0.3, 0.4) is 0 Å². The van der Waals surface area contributed by atoms with E-state index in [4.69, 9.17) is 4.42 Å². The SMILES string of the molecule is Cc1csc(NC(=O)C(Cc2ccccc2)NC(=O)c2ccco2)n1. The lowest BCUT2D eigenvalue weighted by Crippen LogP contribution is -2.45. The second kappa shape index (κ2) is 7.76. The number of nitrogens with zero attached hydrogens (tertiary/aromatic N) is 1. The summed E-state index contributed by atoms with van der Waals surface area (Å²) >= 11 is 1.34. The molecule has 1 aromatic carbocycles. The van der Waals surface area contributed by atoms with Crippen molar-refractivity contribution in [2.75, 3.05) is 5.32 Å². The maximum atomic E-state index is 12.6. The van der Waals surface area contributed by atoms with E-state index in [1.807, 2.05) is 42.6 Å². The van der Waals surface area contributed by atoms with Gasteiger partial charge < -0.3 is 15.1 Å². The smallest absolute Gasteiger partial charge is 0.287 e. The number of nitrogens with one attached hydrogen (secondary N) is 2. The Kier molecular flexibility index (Phi) is 5.25. The summed E-state index contributed by atoms with van der Waals surface area (Å²) in [5.41, 5.74) is 1.78. The van der Waals surface area contributed by atoms with Crippen molar-refractivity contribution < 1.29 is 14.0 Å². The Balaban J connectivity index is 1.75. The number of carbonyl (C=O) groups is 2. The largest absolute Gasteiger partial charge is 0.459 e. The van der Waals surface area contributed by atoms with Gasteiger partial charge in [0.05, 0.1) is 12.0 Å². The quantitative estimate of drug-likeness (QED) is 0.712. The number of anilines is 1. The minimum atomic E-state index is -0.746. The van der Waals surface area contributed by atoms with Gasteiger partial charge >= 0.3 is 0 Å². The van der Waals surface area contributed by atoms with Crippen molar-refractivity contribution in [2.45, 2.75) is 19.4 Å². The maximum absolute atomic E-state index is 12.6. The van der Waals surface area contributed by atoms with Crippen LogP contribution in [-0.4, -0.2) is 22.8 Å². The number of benzene rings is 1. The first-order valence-corrected chi connectivity index (χ1v) is 8.61. The van der Waals surface area contributed by atoms with Crippen molar-refractivity contribution >= 4 is 28.3 Å². The van der Waals surface area contributed by atoms with Gasteiger partial charge in [0, 0.05) is 11.8 Å². The van der Waals surface area contributed by atoms with Crippen LogP contribution in [0.25, 0.3) is 0 Å². The van der Waals surface area contributed by atoms with Crippen molar-refractivity contribution in [3.8, 4) is 0 Å². The van der Waals surface area contributed by atoms with Crippen LogP contribution in [0.15, 0.2) is 58.5 Å². The Morgan fingerprint density at radius 3 is 2.64 bits per heavy atom. The highest BCUT2D eigenvalue weighted by atomic mass is 32.1. The number of rotatable bonds is 6. The average molecular weight is 355 g/mol. The molecule has 0 spiro atoms. The third-order valence-corrected chi connectivity index (χ3v) is 4.37. The normalized spacial score (nSPS) is 11.7. The van der Waals surface area contributed by atoms with E-state index >= 15 is 0 Å². The summed E-state index contributed by atoms with van der Waals surface area (Å²) in [6.07, 6.45) is 1.78. The molecule has 2 amide bonds. The molecule has 0 saturated carbocycles. The van der Waals surface area contributed by atoms with Gasteiger partial charge in [0.25, 0.3) is 5.91 Å². The number of aromatic nitrogens is 1. The van der Waals surface area contributed by atoms with Gasteiger partial charge in [0.2, 0.25) is 5.91 Å². The Morgan fingerprint density at radius 2 is 2.00 bits per heavy atom. The average Bonchev–Trinajstić information content (AvgIpc) is 3.27. The molecule has 0 aliphatic heterocycles. The van der Waals surface area contributed by atoms with Crippen LogP contribution >= 0.6 is 11.3 Å². The second-order valence-electron chi connectivity index (χ2n) is 5.48. The molecule has 0 aliphatic rings. The standard InChI is InChI=1S/C18H17N3O3S/c1-12-11-25-18(19-12)21-16(22)14(10-13-6-3-2-4-7-13)20-17(23)15-8-5-9-24-15/h2-9,11,14H,10H2,1H3,(H,20,23)(H,19,21,22). The summed E-state index contributed by atoms with van der Waals surface area (Å²) in [5, 5.41) is 7.84. The Labute approximate surface area is 148 Å². The van der Waals surface area contributed by atoms with Crippen LogP contribution < -0.4 is 10.6 Å². The lowest BCUT2D eigenvalue weighted by Gasteiger charge is -2.17. The van der Waals surface area contributed by atoms with Crippen molar-refractivity contribution in [3.63, 3.8) is 0 Å². The molecule has 1 atom stereocenters. The van der Waals surface area contributed by atoms with Gasteiger partial charge in [0.1, 0.15) is 6.04 Å². The molecule has 25 heavy (non-hydrogen) atoms. The van der Waals surface area contributed by atoms with E-state index in [9.17, 15) is 9.59 Å². The van der Waals surface area contributed by atoms with Crippen LogP contribution in [0.2, 0.25) is 0 Å². The fourth-order valence-corrected chi connectivity index (χ4v) is 2.99. The maximum Gasteiger partial charge on any atom is 0.287 e. The predicted octanol–water partition coefficient (Wildman–Crippen LogP) is 3.02. The molecule has 1 unspecified atom stereocenters. The molecule has 2 aromatic heterocycles. The van der Waals surface area contributed by atoms with Crippen molar-refractivity contribution in [3.05, 3.63) is 71.1 Å². The molecule has 7 heteroatoms. The van der Waals surface area contributed by atoms with Gasteiger partial charge in [-0.05, 0) is 24.6 Å². The molecule has 2 heterocycles. The molecule has 3 rings (SSSR count). The van der Waals surface area contributed by atoms with Crippen LogP contribution in [0.1, 0.15) is 21.8 Å². The lowest BCUT2D eigenvalue weighted by atomic mass is 10.1. The number of aryl methyl sites for hydroxylation is 1. The van der Waals surface area contributed by atoms with Gasteiger partial charge in [-0.1, -0.05) is 30.3 Å². The highest BCUT2D eigenvalue weighted by Crippen LogP contribution is 2.15. The summed E-state index contributed by atoms with van der Waals surface area (Å²) in [6.45, 7) is 1.85. The van der Waals surface area contributed by atoms with E-state index in [1.165, 1.54) is 17.6 Å². The van der Waals surface area contributed by atoms with Gasteiger partial charge in [-0.2, -0.15) is 0 Å². The number of hydrogen-bond acceptors (Lipinski definition) is 5. The number of thiazole rings is 1. The molecule has 0 fully saturated rings. The molecular formula is C18H17N3O3S. The fraction of sp³-hybridized carbons (Fsp3) is 0.167. The minimum Gasteiger partial charge on any atom is -0.459 e. The van der Waals surface area contributed by atoms with Crippen molar-refractivity contribution in [1.82, 2.24) is 10.3 Å². The summed E-state index contributed by atoms with van der Waals surface area (Å²) in [7, 11) is 0. The molecule has 3 aromatic rings. The van der Waals surface area contributed by atoms with Gasteiger partial charge in [-0.15, -0.1) is 11.3 Å². The monoisotopic (exact) mass is 355 g/mol. The Morgan fingerprint density at radius 1 is 1.20 bits per heavy atom. The summed E-state index contributed by atoms with van der Waals surface area (Å²) in [5.74, 6) is -0.592. The van der Waals surface area contributed by atoms with Crippen LogP contribution in [0.5, 0.6) is 0 Å². The number of furan rings is 1. The fourth-order valence-electron chi connectivity index (χ4n) is 2.30. The van der Waals surface area contributed by atoms with Gasteiger partial charge in [-0.25, -0.2) is 4.98 Å². The molecule has 128 valence electrons. The van der Waals surface area contributed by atoms with Gasteiger partial charge in [0.15, 0.2) is 10.9 Å². The van der Waals surface area contributed by atoms with Crippen LogP contribution in [-0.2, 0) is 11.2 Å². The third kappa shape index (κ3) is 4.54. The molecule has 0 bridgehead atoms. The first-order chi connectivity index (χ1) is 12.1. The molecular weight excluding hydrogens is 338 g/mol. The third-order valence-electron chi connectivity index (χ3n) is 3.50. The molecule has 0 radical (unpaired) electrons. The summed E-state index contributed by atoms with van der Waals surface area (Å²) in [6, 6.07) is 11.9. The van der Waals surface area contributed by atoms with Crippen LogP contribution in [0, 0.1) is 6.92 Å². The lowest BCUT2D eigenvalue weighted by molar-refractivity contribution is -0.118. The van der Waals surface area contributed by atoms with E-state index in [0.29, 0.717) is 11.6 Å². The summed E-state index contributed by atoms with van der Waals surface area (Å²) in [4.78, 5) is 29.1. The van der Waals surface area contributed by atoms with E-state index in [0.717, 1.165) is 11.3 Å². The predicted molar refractivity (Wildman–Crippen MR) is 95.6 cm³/mol. The van der Waals surface area contributed by atoms with E-state index < -0.39 is 11.9 Å². The summed E-state index contributed by atoms with van der Waals surface area (Å²) < 4.78 is 5.09. The highest BCUT2D eigenvalue weighted by Gasteiger charge is 2.23. The minimum absolute atomic E-state index is 0.163. The zero-order valence-corrected chi connectivity index (χ0v) is 14.4. The van der Waals surface area contributed by atoms with Crippen molar-refractivity contribution in [1.29, 1.82) is 0 Å². The zero-order chi connectivity index (χ0) is 17.6. The van der Waals surface area contributed by atoms with E-state index in [2.05, 4.69) is 15.6 Å². The first-order valence-electron chi connectivity index (χ1n) is 7.73. The number of carbonyl (C=O) groups excluding carboxylic acids is 2. The van der Waals surface area contributed by atoms with E-state index in [1.54, 1.807) is 12.1 Å². The zero-order valence-electron chi connectivity index (χ0n) is 13.6.